The molecule has 0 aromatic heterocycles. The lowest BCUT2D eigenvalue weighted by Crippen LogP contribution is -2.13. The number of aliphatic hydroxyl groups excluding tert-OH is 1. The van der Waals surface area contributed by atoms with Crippen molar-refractivity contribution in [1.29, 1.82) is 0 Å². The zero-order valence-electron chi connectivity index (χ0n) is 8.72. The van der Waals surface area contributed by atoms with E-state index in [0.717, 1.165) is 25.7 Å². The van der Waals surface area contributed by atoms with Crippen molar-refractivity contribution in [2.24, 2.45) is 5.92 Å². The van der Waals surface area contributed by atoms with E-state index in [1.807, 2.05) is 0 Å². The first kappa shape index (κ1) is 11.5. The second-order valence-corrected chi connectivity index (χ2v) is 4.27. The van der Waals surface area contributed by atoms with Gasteiger partial charge in [-0.2, -0.15) is 0 Å². The van der Waals surface area contributed by atoms with E-state index in [9.17, 15) is 18.3 Å². The molecule has 0 radical (unpaired) electrons. The van der Waals surface area contributed by atoms with Crippen molar-refractivity contribution in [2.45, 2.75) is 31.8 Å². The van der Waals surface area contributed by atoms with E-state index in [1.54, 1.807) is 0 Å². The van der Waals surface area contributed by atoms with Crippen LogP contribution in [0.15, 0.2) is 12.1 Å². The first-order chi connectivity index (χ1) is 7.59. The molecule has 1 N–H and O–H groups in total. The summed E-state index contributed by atoms with van der Waals surface area (Å²) in [5, 5.41) is 9.87. The Bertz CT molecular complexity index is 363. The summed E-state index contributed by atoms with van der Waals surface area (Å²) in [6, 6.07) is 1.22. The van der Waals surface area contributed by atoms with Gasteiger partial charge in [0.25, 0.3) is 0 Å². The van der Waals surface area contributed by atoms with Gasteiger partial charge in [0.2, 0.25) is 0 Å². The first-order valence-corrected chi connectivity index (χ1v) is 5.42. The van der Waals surface area contributed by atoms with Gasteiger partial charge in [0, 0.05) is 12.1 Å². The van der Waals surface area contributed by atoms with Crippen molar-refractivity contribution in [3.8, 4) is 0 Å². The highest BCUT2D eigenvalue weighted by molar-refractivity contribution is 5.23. The minimum atomic E-state index is -1.16. The van der Waals surface area contributed by atoms with Crippen LogP contribution < -0.4 is 0 Å². The molecule has 4 heteroatoms. The Morgan fingerprint density at radius 3 is 2.06 bits per heavy atom. The summed E-state index contributed by atoms with van der Waals surface area (Å²) in [5.41, 5.74) is -0.395. The van der Waals surface area contributed by atoms with Gasteiger partial charge in [-0.15, -0.1) is 0 Å². The van der Waals surface area contributed by atoms with Crippen LogP contribution in [0, 0.1) is 23.4 Å². The monoisotopic (exact) mass is 230 g/mol. The molecule has 1 aliphatic rings. The smallest absolute Gasteiger partial charge is 0.134 e. The number of aliphatic hydroxyl groups is 1. The summed E-state index contributed by atoms with van der Waals surface area (Å²) < 4.78 is 39.4. The van der Waals surface area contributed by atoms with E-state index < -0.39 is 29.1 Å². The fourth-order valence-corrected chi connectivity index (χ4v) is 2.34. The molecule has 0 amide bonds. The fourth-order valence-electron chi connectivity index (χ4n) is 2.34. The highest BCUT2D eigenvalue weighted by atomic mass is 19.1. The Labute approximate surface area is 91.9 Å². The van der Waals surface area contributed by atoms with Gasteiger partial charge in [0.1, 0.15) is 17.5 Å². The van der Waals surface area contributed by atoms with Gasteiger partial charge in [-0.25, -0.2) is 13.2 Å². The van der Waals surface area contributed by atoms with E-state index in [0.29, 0.717) is 12.1 Å². The molecule has 0 bridgehead atoms. The average molecular weight is 230 g/mol. The van der Waals surface area contributed by atoms with Crippen LogP contribution >= 0.6 is 0 Å². The Kier molecular flexibility index (Phi) is 3.19. The molecule has 1 atom stereocenters. The number of hydrogen-bond donors (Lipinski definition) is 1. The summed E-state index contributed by atoms with van der Waals surface area (Å²) in [5.74, 6) is -3.08. The summed E-state index contributed by atoms with van der Waals surface area (Å²) in [7, 11) is 0. The summed E-state index contributed by atoms with van der Waals surface area (Å²) >= 11 is 0. The minimum absolute atomic E-state index is 0.116. The molecule has 1 saturated carbocycles. The minimum Gasteiger partial charge on any atom is -0.388 e. The number of hydrogen-bond acceptors (Lipinski definition) is 1. The van der Waals surface area contributed by atoms with Gasteiger partial charge in [-0.3, -0.25) is 0 Å². The topological polar surface area (TPSA) is 20.2 Å². The molecule has 1 nitrogen and oxygen atoms in total. The number of halogens is 3. The van der Waals surface area contributed by atoms with E-state index in [4.69, 9.17) is 0 Å². The number of benzene rings is 1. The summed E-state index contributed by atoms with van der Waals surface area (Å²) in [4.78, 5) is 0. The van der Waals surface area contributed by atoms with Gasteiger partial charge >= 0.3 is 0 Å². The molecule has 1 fully saturated rings. The first-order valence-electron chi connectivity index (χ1n) is 5.42. The lowest BCUT2D eigenvalue weighted by molar-refractivity contribution is 0.103. The fraction of sp³-hybridized carbons (Fsp3) is 0.500. The predicted molar refractivity (Wildman–Crippen MR) is 53.2 cm³/mol. The highest BCUT2D eigenvalue weighted by Gasteiger charge is 2.29. The molecule has 0 aliphatic heterocycles. The number of rotatable bonds is 2. The molecule has 2 rings (SSSR count). The Morgan fingerprint density at radius 2 is 1.56 bits per heavy atom. The van der Waals surface area contributed by atoms with Gasteiger partial charge < -0.3 is 5.11 Å². The largest absolute Gasteiger partial charge is 0.388 e. The quantitative estimate of drug-likeness (QED) is 0.826. The molecule has 0 saturated heterocycles. The third kappa shape index (κ3) is 2.07. The van der Waals surface area contributed by atoms with Crippen LogP contribution in [0.25, 0.3) is 0 Å². The maximum Gasteiger partial charge on any atom is 0.134 e. The van der Waals surface area contributed by atoms with Crippen LogP contribution in [0.4, 0.5) is 13.2 Å². The highest BCUT2D eigenvalue weighted by Crippen LogP contribution is 2.37. The lowest BCUT2D eigenvalue weighted by Gasteiger charge is -2.19. The summed E-state index contributed by atoms with van der Waals surface area (Å²) in [6.07, 6.45) is 2.29. The van der Waals surface area contributed by atoms with Crippen molar-refractivity contribution in [3.63, 3.8) is 0 Å². The van der Waals surface area contributed by atoms with Crippen LogP contribution in [0.3, 0.4) is 0 Å². The van der Waals surface area contributed by atoms with E-state index in [1.165, 1.54) is 0 Å². The van der Waals surface area contributed by atoms with Crippen molar-refractivity contribution in [3.05, 3.63) is 35.1 Å². The van der Waals surface area contributed by atoms with Crippen LogP contribution in [0.5, 0.6) is 0 Å². The van der Waals surface area contributed by atoms with E-state index >= 15 is 0 Å². The zero-order valence-corrected chi connectivity index (χ0v) is 8.72. The molecular formula is C12H13F3O. The van der Waals surface area contributed by atoms with Crippen molar-refractivity contribution in [2.75, 3.05) is 0 Å². The molecule has 0 heterocycles. The van der Waals surface area contributed by atoms with Crippen LogP contribution in [-0.4, -0.2) is 5.11 Å². The second kappa shape index (κ2) is 4.45. The van der Waals surface area contributed by atoms with E-state index in [2.05, 4.69) is 0 Å². The zero-order chi connectivity index (χ0) is 11.7. The lowest BCUT2D eigenvalue weighted by atomic mass is 9.93. The van der Waals surface area contributed by atoms with Crippen molar-refractivity contribution < 1.29 is 18.3 Å². The molecule has 88 valence electrons. The molecule has 16 heavy (non-hydrogen) atoms. The molecule has 1 aromatic carbocycles. The third-order valence-corrected chi connectivity index (χ3v) is 3.19. The van der Waals surface area contributed by atoms with Crippen LogP contribution in [0.2, 0.25) is 0 Å². The van der Waals surface area contributed by atoms with Gasteiger partial charge in [-0.1, -0.05) is 12.8 Å². The summed E-state index contributed by atoms with van der Waals surface area (Å²) in [6.45, 7) is 0. The predicted octanol–water partition coefficient (Wildman–Crippen LogP) is 3.33. The van der Waals surface area contributed by atoms with Gasteiger partial charge in [-0.05, 0) is 18.8 Å². The SMILES string of the molecule is OC(c1c(F)cc(F)cc1F)C1CCCC1. The molecule has 0 spiro atoms. The van der Waals surface area contributed by atoms with Gasteiger partial charge in [0.05, 0.1) is 11.7 Å². The molecule has 1 aromatic rings. The standard InChI is InChI=1S/C12H13F3O/c13-8-5-9(14)11(10(15)6-8)12(16)7-3-1-2-4-7/h5-7,12,16H,1-4H2. The maximum absolute atomic E-state index is 13.4. The van der Waals surface area contributed by atoms with Crippen molar-refractivity contribution in [1.82, 2.24) is 0 Å². The van der Waals surface area contributed by atoms with Crippen LogP contribution in [0.1, 0.15) is 37.4 Å². The van der Waals surface area contributed by atoms with Crippen molar-refractivity contribution >= 4 is 0 Å². The van der Waals surface area contributed by atoms with Gasteiger partial charge in [0.15, 0.2) is 0 Å². The van der Waals surface area contributed by atoms with E-state index in [-0.39, 0.29) is 5.92 Å². The molecular weight excluding hydrogens is 217 g/mol. The second-order valence-electron chi connectivity index (χ2n) is 4.27. The molecule has 1 unspecified atom stereocenters. The molecule has 1 aliphatic carbocycles. The normalized spacial score (nSPS) is 19.0. The Morgan fingerprint density at radius 1 is 1.06 bits per heavy atom. The van der Waals surface area contributed by atoms with Crippen LogP contribution in [-0.2, 0) is 0 Å². The maximum atomic E-state index is 13.4. The Hall–Kier alpha value is -1.03. The average Bonchev–Trinajstić information content (AvgIpc) is 2.67. The third-order valence-electron chi connectivity index (χ3n) is 3.19. The Balaban J connectivity index is 2.31.